The fraction of sp³-hybridized carbons (Fsp3) is 1.00. The molecule has 0 saturated carbocycles. The van der Waals surface area contributed by atoms with E-state index in [1.807, 2.05) is 0 Å². The highest BCUT2D eigenvalue weighted by Gasteiger charge is 2.25. The summed E-state index contributed by atoms with van der Waals surface area (Å²) < 4.78 is 0. The van der Waals surface area contributed by atoms with Crippen molar-refractivity contribution in [2.24, 2.45) is 0 Å². The maximum Gasteiger partial charge on any atom is 0.0446 e. The first-order valence-electron chi connectivity index (χ1n) is 26.8. The van der Waals surface area contributed by atoms with E-state index in [0.717, 1.165) is 0 Å². The van der Waals surface area contributed by atoms with E-state index in [0.29, 0.717) is 0 Å². The van der Waals surface area contributed by atoms with E-state index in [-0.39, 0.29) is 11.0 Å². The topological polar surface area (TPSA) is 35.0 Å². The molecule has 56 heavy (non-hydrogen) atoms. The van der Waals surface area contributed by atoms with E-state index >= 15 is 0 Å². The van der Waals surface area contributed by atoms with Gasteiger partial charge in [0.05, 0.1) is 0 Å². The molecule has 0 amide bonds. The van der Waals surface area contributed by atoms with Crippen molar-refractivity contribution in [3.8, 4) is 0 Å². The predicted octanol–water partition coefficient (Wildman–Crippen LogP) is 21.9. The summed E-state index contributed by atoms with van der Waals surface area (Å²) in [6, 6.07) is 0. The Labute approximate surface area is 364 Å². The number of rotatable bonds is 47. The average Bonchev–Trinajstić information content (AvgIpc) is 3.19. The van der Waals surface area contributed by atoms with Crippen molar-refractivity contribution in [1.82, 2.24) is 6.15 Å². The van der Waals surface area contributed by atoms with Crippen LogP contribution in [0.5, 0.6) is 0 Å². The van der Waals surface area contributed by atoms with Gasteiger partial charge in [0, 0.05) is 4.87 Å². The van der Waals surface area contributed by atoms with Gasteiger partial charge < -0.3 is 6.15 Å². The summed E-state index contributed by atoms with van der Waals surface area (Å²) in [5.41, 5.74) is 0. The van der Waals surface area contributed by atoms with Gasteiger partial charge in [-0.1, -0.05) is 324 Å². The van der Waals surface area contributed by atoms with Crippen LogP contribution in [0.2, 0.25) is 0 Å². The van der Waals surface area contributed by atoms with Gasteiger partial charge in [-0.25, -0.2) is 0 Å². The standard InChI is InChI=1S/C50H101Cl.C4H10.H3N/c1-4-7-10-13-16-18-20-22-24-26-28-30-32-34-36-39-42-45-48-50(51,47-44-41-38-15-12-9-6-3)49-46-43-40-37-35-33-31-29-27-25-23-21-19-17-14-11-8-5-2;1-3-4-2;/h4-49H2,1-3H3;3-4H2,1-2H3;1H3. The fourth-order valence-corrected chi connectivity index (χ4v) is 8.86. The molecule has 0 aliphatic rings. The molecule has 342 valence electrons. The van der Waals surface area contributed by atoms with Crippen molar-refractivity contribution in [2.75, 3.05) is 0 Å². The zero-order chi connectivity index (χ0) is 40.4. The molecule has 3 N–H and O–H groups in total. The molecular weight excluding hydrogens is 698 g/mol. The highest BCUT2D eigenvalue weighted by atomic mass is 35.5. The van der Waals surface area contributed by atoms with E-state index in [1.165, 1.54) is 308 Å². The number of hydrogen-bond acceptors (Lipinski definition) is 1. The maximum absolute atomic E-state index is 7.45. The molecule has 0 aliphatic heterocycles. The van der Waals surface area contributed by atoms with Crippen LogP contribution in [0.25, 0.3) is 0 Å². The number of unbranched alkanes of at least 4 members (excludes halogenated alkanes) is 41. The van der Waals surface area contributed by atoms with Crippen molar-refractivity contribution in [3.63, 3.8) is 0 Å². The van der Waals surface area contributed by atoms with E-state index in [4.69, 9.17) is 11.6 Å². The zero-order valence-electron chi connectivity index (χ0n) is 40.5. The Morgan fingerprint density at radius 2 is 0.321 bits per heavy atom. The third-order valence-corrected chi connectivity index (χ3v) is 13.3. The van der Waals surface area contributed by atoms with Crippen LogP contribution in [0, 0.1) is 0 Å². The Morgan fingerprint density at radius 3 is 0.446 bits per heavy atom. The third-order valence-electron chi connectivity index (χ3n) is 12.7. The second kappa shape index (κ2) is 55.2. The molecule has 0 aromatic rings. The molecule has 0 saturated heterocycles. The Hall–Kier alpha value is 0.250. The molecular formula is C54H114ClN. The summed E-state index contributed by atoms with van der Waals surface area (Å²) in [5, 5.41) is 0. The van der Waals surface area contributed by atoms with Gasteiger partial charge in [-0.05, 0) is 19.3 Å². The van der Waals surface area contributed by atoms with Crippen molar-refractivity contribution in [2.45, 2.75) is 348 Å². The SMILES string of the molecule is CCCC.CCCCCCCCCCCCCCCCCCCCC(Cl)(CCCCCCCCC)CCCCCCCCCCCCCCCCCCCC.N. The van der Waals surface area contributed by atoms with E-state index in [9.17, 15) is 0 Å². The number of alkyl halides is 1. The average molecular weight is 813 g/mol. The Morgan fingerprint density at radius 1 is 0.196 bits per heavy atom. The molecule has 0 atom stereocenters. The summed E-state index contributed by atoms with van der Waals surface area (Å²) in [4.78, 5) is 0.0908. The molecule has 0 bridgehead atoms. The zero-order valence-corrected chi connectivity index (χ0v) is 41.3. The quantitative estimate of drug-likeness (QED) is 0.0482. The van der Waals surface area contributed by atoms with Gasteiger partial charge in [-0.2, -0.15) is 0 Å². The minimum absolute atomic E-state index is 0. The van der Waals surface area contributed by atoms with Gasteiger partial charge in [0.15, 0.2) is 0 Å². The normalized spacial score (nSPS) is 11.5. The lowest BCUT2D eigenvalue weighted by molar-refractivity contribution is 0.394. The lowest BCUT2D eigenvalue weighted by Crippen LogP contribution is -2.21. The monoisotopic (exact) mass is 812 g/mol. The summed E-state index contributed by atoms with van der Waals surface area (Å²) in [6.07, 6.45) is 68.5. The third kappa shape index (κ3) is 54.2. The Bertz CT molecular complexity index is 592. The predicted molar refractivity (Wildman–Crippen MR) is 264 cm³/mol. The van der Waals surface area contributed by atoms with Gasteiger partial charge >= 0.3 is 0 Å². The van der Waals surface area contributed by atoms with Gasteiger partial charge in [0.1, 0.15) is 0 Å². The van der Waals surface area contributed by atoms with Gasteiger partial charge in [0.25, 0.3) is 0 Å². The molecule has 1 nitrogen and oxygen atoms in total. The van der Waals surface area contributed by atoms with Crippen LogP contribution >= 0.6 is 11.6 Å². The molecule has 0 unspecified atom stereocenters. The molecule has 0 spiro atoms. The van der Waals surface area contributed by atoms with Crippen molar-refractivity contribution in [3.05, 3.63) is 0 Å². The van der Waals surface area contributed by atoms with Crippen LogP contribution in [0.3, 0.4) is 0 Å². The number of halogens is 1. The smallest absolute Gasteiger partial charge is 0.0446 e. The molecule has 0 radical (unpaired) electrons. The van der Waals surface area contributed by atoms with Crippen LogP contribution < -0.4 is 6.15 Å². The lowest BCUT2D eigenvalue weighted by Gasteiger charge is -2.27. The maximum atomic E-state index is 7.45. The molecule has 0 aromatic carbocycles. The highest BCUT2D eigenvalue weighted by molar-refractivity contribution is 6.23. The first kappa shape index (κ1) is 60.6. The number of hydrogen-bond donors (Lipinski definition) is 1. The van der Waals surface area contributed by atoms with E-state index in [2.05, 4.69) is 34.6 Å². The fourth-order valence-electron chi connectivity index (χ4n) is 8.46. The summed E-state index contributed by atoms with van der Waals surface area (Å²) in [5.74, 6) is 0. The van der Waals surface area contributed by atoms with Crippen LogP contribution in [-0.4, -0.2) is 4.87 Å². The van der Waals surface area contributed by atoms with Crippen LogP contribution in [-0.2, 0) is 0 Å². The van der Waals surface area contributed by atoms with Crippen molar-refractivity contribution >= 4 is 11.6 Å². The largest absolute Gasteiger partial charge is 0.344 e. The minimum atomic E-state index is 0. The van der Waals surface area contributed by atoms with Crippen LogP contribution in [0.1, 0.15) is 343 Å². The summed E-state index contributed by atoms with van der Waals surface area (Å²) >= 11 is 7.45. The first-order chi connectivity index (χ1) is 27.1. The van der Waals surface area contributed by atoms with Gasteiger partial charge in [-0.15, -0.1) is 11.6 Å². The van der Waals surface area contributed by atoms with Crippen LogP contribution in [0.4, 0.5) is 0 Å². The molecule has 0 fully saturated rings. The summed E-state index contributed by atoms with van der Waals surface area (Å²) in [7, 11) is 0. The van der Waals surface area contributed by atoms with E-state index in [1.54, 1.807) is 0 Å². The second-order valence-corrected chi connectivity index (χ2v) is 19.3. The first-order valence-corrected chi connectivity index (χ1v) is 27.2. The molecule has 0 rings (SSSR count). The highest BCUT2D eigenvalue weighted by Crippen LogP contribution is 2.35. The van der Waals surface area contributed by atoms with Gasteiger partial charge in [-0.3, -0.25) is 0 Å². The summed E-state index contributed by atoms with van der Waals surface area (Å²) in [6.45, 7) is 11.3. The Kier molecular flexibility index (Phi) is 59.7. The molecule has 0 aromatic heterocycles. The molecule has 0 heterocycles. The van der Waals surface area contributed by atoms with E-state index < -0.39 is 0 Å². The van der Waals surface area contributed by atoms with Crippen molar-refractivity contribution in [1.29, 1.82) is 0 Å². The molecule has 0 aliphatic carbocycles. The second-order valence-electron chi connectivity index (χ2n) is 18.5. The Balaban J connectivity index is -0.00000533. The molecule has 2 heteroatoms. The minimum Gasteiger partial charge on any atom is -0.344 e. The lowest BCUT2D eigenvalue weighted by atomic mass is 9.88. The van der Waals surface area contributed by atoms with Crippen LogP contribution in [0.15, 0.2) is 0 Å². The van der Waals surface area contributed by atoms with Crippen molar-refractivity contribution < 1.29 is 0 Å². The van der Waals surface area contributed by atoms with Gasteiger partial charge in [0.2, 0.25) is 0 Å².